The predicted molar refractivity (Wildman–Crippen MR) is 103 cm³/mol. The number of amides is 1. The molecular weight excluding hydrogens is 348 g/mol. The molecule has 0 radical (unpaired) electrons. The Balaban J connectivity index is 1.89. The number of non-ortho nitro benzene ring substituents is 1. The maximum absolute atomic E-state index is 12.8. The first-order chi connectivity index (χ1) is 12.9. The first-order valence-corrected chi connectivity index (χ1v) is 8.37. The van der Waals surface area contributed by atoms with E-state index in [2.05, 4.69) is 10.1 Å². The molecule has 27 heavy (non-hydrogen) atoms. The molecule has 1 aliphatic heterocycles. The van der Waals surface area contributed by atoms with Gasteiger partial charge >= 0.3 is 0 Å². The third kappa shape index (κ3) is 3.69. The fraction of sp³-hybridized carbons (Fsp3) is 0.211. The van der Waals surface area contributed by atoms with Crippen LogP contribution in [-0.2, 0) is 4.79 Å². The molecule has 0 saturated carbocycles. The number of nitrogens with zero attached hydrogens (tertiary/aromatic N) is 4. The summed E-state index contributed by atoms with van der Waals surface area (Å²) in [5.74, 6) is -1.21. The highest BCUT2D eigenvalue weighted by molar-refractivity contribution is 6.24. The number of carbonyl (C=O) groups is 1. The molecule has 1 unspecified atom stereocenters. The molecule has 1 amide bonds. The molecule has 3 rings (SSSR count). The number of phenolic OH excluding ortho intramolecular Hbond substituents is 1. The molecule has 1 heterocycles. The molecule has 0 fully saturated rings. The molecule has 8 heteroatoms. The summed E-state index contributed by atoms with van der Waals surface area (Å²) in [4.78, 5) is 27.2. The highest BCUT2D eigenvalue weighted by Crippen LogP contribution is 2.31. The SMILES string of the molecule is CC(C)C1=NN(c2ccccc2)C(=O)C1/C=N/c1ccc([N+](=O)[O-])cc1O. The van der Waals surface area contributed by atoms with Gasteiger partial charge in [-0.05, 0) is 24.1 Å². The number of hydrogen-bond donors (Lipinski definition) is 1. The highest BCUT2D eigenvalue weighted by Gasteiger charge is 2.36. The van der Waals surface area contributed by atoms with Gasteiger partial charge in [0.1, 0.15) is 17.4 Å². The van der Waals surface area contributed by atoms with Crippen LogP contribution >= 0.6 is 0 Å². The van der Waals surface area contributed by atoms with Crippen molar-refractivity contribution < 1.29 is 14.8 Å². The van der Waals surface area contributed by atoms with E-state index in [1.807, 2.05) is 32.0 Å². The van der Waals surface area contributed by atoms with Crippen LogP contribution in [0.2, 0.25) is 0 Å². The topological polar surface area (TPSA) is 108 Å². The molecular formula is C19H18N4O4. The lowest BCUT2D eigenvalue weighted by atomic mass is 9.95. The van der Waals surface area contributed by atoms with Crippen molar-refractivity contribution in [3.8, 4) is 5.75 Å². The normalized spacial score (nSPS) is 17.0. The number of benzene rings is 2. The van der Waals surface area contributed by atoms with E-state index in [1.54, 1.807) is 12.1 Å². The summed E-state index contributed by atoms with van der Waals surface area (Å²) in [6.45, 7) is 3.87. The van der Waals surface area contributed by atoms with E-state index >= 15 is 0 Å². The van der Waals surface area contributed by atoms with Crippen molar-refractivity contribution >= 4 is 34.9 Å². The standard InChI is InChI=1S/C19H18N4O4/c1-12(2)18-15(19(25)22(21-18)13-6-4-3-5-7-13)11-20-16-9-8-14(23(26)27)10-17(16)24/h3-12,15,24H,1-2H3/b20-11+. The van der Waals surface area contributed by atoms with Crippen LogP contribution in [0.15, 0.2) is 58.6 Å². The fourth-order valence-corrected chi connectivity index (χ4v) is 2.74. The molecule has 0 bridgehead atoms. The number of aliphatic imine (C=N–C) groups is 1. The smallest absolute Gasteiger partial charge is 0.273 e. The number of carbonyl (C=O) groups excluding carboxylic acids is 1. The minimum Gasteiger partial charge on any atom is -0.505 e. The van der Waals surface area contributed by atoms with Crippen molar-refractivity contribution in [3.05, 3.63) is 58.6 Å². The third-order valence-corrected chi connectivity index (χ3v) is 4.13. The minimum atomic E-state index is -0.667. The van der Waals surface area contributed by atoms with Crippen LogP contribution in [0.4, 0.5) is 17.1 Å². The number of hydrogen-bond acceptors (Lipinski definition) is 6. The van der Waals surface area contributed by atoms with Gasteiger partial charge in [0.05, 0.1) is 22.4 Å². The molecule has 8 nitrogen and oxygen atoms in total. The summed E-state index contributed by atoms with van der Waals surface area (Å²) >= 11 is 0. The van der Waals surface area contributed by atoms with Gasteiger partial charge in [-0.15, -0.1) is 0 Å². The molecule has 1 N–H and O–H groups in total. The van der Waals surface area contributed by atoms with Crippen molar-refractivity contribution in [1.29, 1.82) is 0 Å². The number of rotatable bonds is 5. The summed E-state index contributed by atoms with van der Waals surface area (Å²) in [6, 6.07) is 12.7. The second-order valence-corrected chi connectivity index (χ2v) is 6.35. The van der Waals surface area contributed by atoms with Crippen LogP contribution in [0.5, 0.6) is 5.75 Å². The van der Waals surface area contributed by atoms with E-state index in [4.69, 9.17) is 0 Å². The summed E-state index contributed by atoms with van der Waals surface area (Å²) in [7, 11) is 0. The monoisotopic (exact) mass is 366 g/mol. The molecule has 1 aliphatic rings. The quantitative estimate of drug-likeness (QED) is 0.494. The summed E-state index contributed by atoms with van der Waals surface area (Å²) in [6.07, 6.45) is 1.42. The second-order valence-electron chi connectivity index (χ2n) is 6.35. The second kappa shape index (κ2) is 7.36. The lowest BCUT2D eigenvalue weighted by molar-refractivity contribution is -0.384. The predicted octanol–water partition coefficient (Wildman–Crippen LogP) is 3.68. The van der Waals surface area contributed by atoms with Gasteiger partial charge in [-0.3, -0.25) is 19.9 Å². The van der Waals surface area contributed by atoms with Crippen LogP contribution in [0, 0.1) is 22.0 Å². The van der Waals surface area contributed by atoms with Crippen LogP contribution in [0.1, 0.15) is 13.8 Å². The lowest BCUT2D eigenvalue weighted by Gasteiger charge is -2.12. The van der Waals surface area contributed by atoms with E-state index < -0.39 is 10.8 Å². The van der Waals surface area contributed by atoms with Crippen molar-refractivity contribution in [1.82, 2.24) is 0 Å². The maximum Gasteiger partial charge on any atom is 0.273 e. The van der Waals surface area contributed by atoms with E-state index in [0.717, 1.165) is 6.07 Å². The summed E-state index contributed by atoms with van der Waals surface area (Å²) in [5, 5.41) is 26.5. The van der Waals surface area contributed by atoms with Crippen LogP contribution < -0.4 is 5.01 Å². The Hall–Kier alpha value is -3.55. The van der Waals surface area contributed by atoms with E-state index in [9.17, 15) is 20.0 Å². The molecule has 2 aromatic carbocycles. The van der Waals surface area contributed by atoms with E-state index in [1.165, 1.54) is 23.4 Å². The Bertz CT molecular complexity index is 938. The van der Waals surface area contributed by atoms with Crippen molar-refractivity contribution in [3.63, 3.8) is 0 Å². The zero-order valence-corrected chi connectivity index (χ0v) is 14.8. The molecule has 138 valence electrons. The molecule has 2 aromatic rings. The van der Waals surface area contributed by atoms with E-state index in [0.29, 0.717) is 11.4 Å². The number of nitro groups is 1. The zero-order chi connectivity index (χ0) is 19.6. The van der Waals surface area contributed by atoms with Crippen molar-refractivity contribution in [2.24, 2.45) is 21.9 Å². The number of aromatic hydroxyl groups is 1. The van der Waals surface area contributed by atoms with Crippen molar-refractivity contribution in [2.45, 2.75) is 13.8 Å². The Labute approximate surface area is 155 Å². The molecule has 0 spiro atoms. The number of hydrazone groups is 1. The zero-order valence-electron chi connectivity index (χ0n) is 14.8. The van der Waals surface area contributed by atoms with E-state index in [-0.39, 0.29) is 28.9 Å². The van der Waals surface area contributed by atoms with Gasteiger partial charge in [-0.25, -0.2) is 0 Å². The number of nitro benzene ring substituents is 1. The number of anilines is 1. The maximum atomic E-state index is 12.8. The lowest BCUT2D eigenvalue weighted by Crippen LogP contribution is -2.29. The Morgan fingerprint density at radius 1 is 1.26 bits per heavy atom. The van der Waals surface area contributed by atoms with Gasteiger partial charge in [0, 0.05) is 12.3 Å². The molecule has 1 atom stereocenters. The summed E-state index contributed by atoms with van der Waals surface area (Å²) in [5.41, 5.74) is 1.24. The van der Waals surface area contributed by atoms with Crippen LogP contribution in [-0.4, -0.2) is 27.9 Å². The summed E-state index contributed by atoms with van der Waals surface area (Å²) < 4.78 is 0. The van der Waals surface area contributed by atoms with Gasteiger partial charge in [0.25, 0.3) is 11.6 Å². The highest BCUT2D eigenvalue weighted by atomic mass is 16.6. The van der Waals surface area contributed by atoms with Gasteiger partial charge < -0.3 is 5.11 Å². The van der Waals surface area contributed by atoms with Crippen molar-refractivity contribution in [2.75, 3.05) is 5.01 Å². The molecule has 0 aromatic heterocycles. The third-order valence-electron chi connectivity index (χ3n) is 4.13. The Kier molecular flexibility index (Phi) is 4.98. The molecule has 0 aliphatic carbocycles. The fourth-order valence-electron chi connectivity index (χ4n) is 2.74. The first kappa shape index (κ1) is 18.2. The van der Waals surface area contributed by atoms with Crippen LogP contribution in [0.25, 0.3) is 0 Å². The molecule has 0 saturated heterocycles. The van der Waals surface area contributed by atoms with Gasteiger partial charge in [-0.2, -0.15) is 10.1 Å². The Morgan fingerprint density at radius 3 is 2.56 bits per heavy atom. The average Bonchev–Trinajstić information content (AvgIpc) is 2.98. The van der Waals surface area contributed by atoms with Gasteiger partial charge in [0.2, 0.25) is 0 Å². The number of phenols is 1. The minimum absolute atomic E-state index is 0.0181. The first-order valence-electron chi connectivity index (χ1n) is 8.37. The van der Waals surface area contributed by atoms with Gasteiger partial charge in [-0.1, -0.05) is 32.0 Å². The average molecular weight is 366 g/mol. The van der Waals surface area contributed by atoms with Gasteiger partial charge in [0.15, 0.2) is 0 Å². The van der Waals surface area contributed by atoms with Crippen LogP contribution in [0.3, 0.4) is 0 Å². The Morgan fingerprint density at radius 2 is 1.96 bits per heavy atom. The number of para-hydroxylation sites is 1. The largest absolute Gasteiger partial charge is 0.505 e.